The average Bonchev–Trinajstić information content (AvgIpc) is 2.93. The standard InChI is InChI=1S/C35H27N/c1-24-7-11-26(12-8-24)32-19-33(27-13-9-25(2)10-14-27)21-34(20-32)28-15-17-29(18-16-28)35-22-30-5-3-4-6-31(30)23-36-35/h3-23H,1-2H3. The number of benzene rings is 5. The first-order valence-electron chi connectivity index (χ1n) is 12.4. The monoisotopic (exact) mass is 461 g/mol. The van der Waals surface area contributed by atoms with Gasteiger partial charge in [0.2, 0.25) is 0 Å². The van der Waals surface area contributed by atoms with E-state index in [1.54, 1.807) is 0 Å². The van der Waals surface area contributed by atoms with E-state index in [-0.39, 0.29) is 0 Å². The molecule has 5 aromatic carbocycles. The Hall–Kier alpha value is -4.49. The molecule has 0 spiro atoms. The van der Waals surface area contributed by atoms with E-state index in [0.717, 1.165) is 16.6 Å². The van der Waals surface area contributed by atoms with Gasteiger partial charge in [0.15, 0.2) is 0 Å². The van der Waals surface area contributed by atoms with E-state index in [1.165, 1.54) is 49.9 Å². The van der Waals surface area contributed by atoms with Crippen molar-refractivity contribution in [3.05, 3.63) is 139 Å². The maximum Gasteiger partial charge on any atom is 0.0708 e. The number of hydrogen-bond acceptors (Lipinski definition) is 1. The van der Waals surface area contributed by atoms with Crippen LogP contribution < -0.4 is 0 Å². The van der Waals surface area contributed by atoms with Crippen LogP contribution in [0.25, 0.3) is 55.4 Å². The van der Waals surface area contributed by atoms with Crippen LogP contribution in [-0.4, -0.2) is 4.98 Å². The molecule has 172 valence electrons. The summed E-state index contributed by atoms with van der Waals surface area (Å²) < 4.78 is 0. The number of rotatable bonds is 4. The maximum absolute atomic E-state index is 4.70. The van der Waals surface area contributed by atoms with Crippen molar-refractivity contribution in [1.29, 1.82) is 0 Å². The highest BCUT2D eigenvalue weighted by molar-refractivity contribution is 5.86. The van der Waals surface area contributed by atoms with Crippen LogP contribution in [0.1, 0.15) is 11.1 Å². The molecular formula is C35H27N. The minimum absolute atomic E-state index is 0.994. The molecule has 6 aromatic rings. The van der Waals surface area contributed by atoms with Crippen LogP contribution >= 0.6 is 0 Å². The van der Waals surface area contributed by atoms with Crippen molar-refractivity contribution in [2.75, 3.05) is 0 Å². The predicted octanol–water partition coefficient (Wildman–Crippen LogP) is 9.52. The summed E-state index contributed by atoms with van der Waals surface area (Å²) in [7, 11) is 0. The zero-order valence-electron chi connectivity index (χ0n) is 20.6. The molecule has 0 fully saturated rings. The lowest BCUT2D eigenvalue weighted by Crippen LogP contribution is -1.88. The fourth-order valence-corrected chi connectivity index (χ4v) is 4.69. The van der Waals surface area contributed by atoms with Crippen LogP contribution in [0.4, 0.5) is 0 Å². The Morgan fingerprint density at radius 2 is 0.806 bits per heavy atom. The second kappa shape index (κ2) is 9.28. The molecule has 36 heavy (non-hydrogen) atoms. The predicted molar refractivity (Wildman–Crippen MR) is 153 cm³/mol. The third-order valence-corrected chi connectivity index (χ3v) is 6.85. The molecule has 0 radical (unpaired) electrons. The highest BCUT2D eigenvalue weighted by Gasteiger charge is 2.09. The van der Waals surface area contributed by atoms with E-state index in [4.69, 9.17) is 4.98 Å². The van der Waals surface area contributed by atoms with E-state index in [2.05, 4.69) is 129 Å². The molecule has 0 aliphatic heterocycles. The van der Waals surface area contributed by atoms with Crippen molar-refractivity contribution in [2.45, 2.75) is 13.8 Å². The van der Waals surface area contributed by atoms with E-state index in [9.17, 15) is 0 Å². The summed E-state index contributed by atoms with van der Waals surface area (Å²) in [6.45, 7) is 4.26. The number of hydrogen-bond donors (Lipinski definition) is 0. The van der Waals surface area contributed by atoms with Gasteiger partial charge < -0.3 is 0 Å². The summed E-state index contributed by atoms with van der Waals surface area (Å²) >= 11 is 0. The lowest BCUT2D eigenvalue weighted by atomic mass is 9.92. The largest absolute Gasteiger partial charge is 0.256 e. The average molecular weight is 462 g/mol. The van der Waals surface area contributed by atoms with E-state index < -0.39 is 0 Å². The molecule has 0 saturated heterocycles. The van der Waals surface area contributed by atoms with Crippen molar-refractivity contribution in [2.24, 2.45) is 0 Å². The van der Waals surface area contributed by atoms with Gasteiger partial charge in [-0.1, -0.05) is 108 Å². The number of nitrogens with zero attached hydrogens (tertiary/aromatic N) is 1. The second-order valence-electron chi connectivity index (χ2n) is 9.53. The van der Waals surface area contributed by atoms with Gasteiger partial charge in [-0.05, 0) is 76.9 Å². The Balaban J connectivity index is 1.42. The van der Waals surface area contributed by atoms with Crippen LogP contribution in [0.2, 0.25) is 0 Å². The molecule has 1 aromatic heterocycles. The smallest absolute Gasteiger partial charge is 0.0708 e. The van der Waals surface area contributed by atoms with Gasteiger partial charge in [-0.15, -0.1) is 0 Å². The highest BCUT2D eigenvalue weighted by Crippen LogP contribution is 2.34. The summed E-state index contributed by atoms with van der Waals surface area (Å²) in [6.07, 6.45) is 1.96. The molecule has 1 heteroatoms. The lowest BCUT2D eigenvalue weighted by molar-refractivity contribution is 1.36. The molecule has 0 aliphatic rings. The summed E-state index contributed by atoms with van der Waals surface area (Å²) in [5, 5.41) is 2.37. The third-order valence-electron chi connectivity index (χ3n) is 6.85. The van der Waals surface area contributed by atoms with Gasteiger partial charge in [0.05, 0.1) is 5.69 Å². The maximum atomic E-state index is 4.70. The molecule has 0 amide bonds. The van der Waals surface area contributed by atoms with E-state index in [1.807, 2.05) is 12.3 Å². The first-order chi connectivity index (χ1) is 17.6. The molecule has 6 rings (SSSR count). The minimum Gasteiger partial charge on any atom is -0.256 e. The van der Waals surface area contributed by atoms with Crippen molar-refractivity contribution >= 4 is 10.8 Å². The van der Waals surface area contributed by atoms with Crippen LogP contribution in [0.15, 0.2) is 128 Å². The Kier molecular flexibility index (Phi) is 5.67. The van der Waals surface area contributed by atoms with Gasteiger partial charge >= 0.3 is 0 Å². The summed E-state index contributed by atoms with van der Waals surface area (Å²) in [4.78, 5) is 4.70. The highest BCUT2D eigenvalue weighted by atomic mass is 14.7. The summed E-state index contributed by atoms with van der Waals surface area (Å²) in [5.74, 6) is 0. The quantitative estimate of drug-likeness (QED) is 0.255. The van der Waals surface area contributed by atoms with Crippen LogP contribution in [0.3, 0.4) is 0 Å². The number of fused-ring (bicyclic) bond motifs is 1. The lowest BCUT2D eigenvalue weighted by Gasteiger charge is -2.12. The fraction of sp³-hybridized carbons (Fsp3) is 0.0571. The molecule has 0 bridgehead atoms. The number of pyridine rings is 1. The van der Waals surface area contributed by atoms with Crippen molar-refractivity contribution < 1.29 is 0 Å². The fourth-order valence-electron chi connectivity index (χ4n) is 4.69. The zero-order valence-corrected chi connectivity index (χ0v) is 20.6. The molecule has 0 aliphatic carbocycles. The molecule has 0 unspecified atom stereocenters. The van der Waals surface area contributed by atoms with Crippen molar-refractivity contribution in [3.8, 4) is 44.6 Å². The molecular weight excluding hydrogens is 434 g/mol. The van der Waals surface area contributed by atoms with Gasteiger partial charge in [-0.3, -0.25) is 4.98 Å². The number of aromatic nitrogens is 1. The molecule has 0 saturated carbocycles. The number of aryl methyl sites for hydroxylation is 2. The minimum atomic E-state index is 0.994. The molecule has 1 nitrogen and oxygen atoms in total. The first-order valence-corrected chi connectivity index (χ1v) is 12.4. The summed E-state index contributed by atoms with van der Waals surface area (Å²) in [5.41, 5.74) is 12.0. The van der Waals surface area contributed by atoms with E-state index in [0.29, 0.717) is 0 Å². The third kappa shape index (κ3) is 4.44. The van der Waals surface area contributed by atoms with Gasteiger partial charge in [-0.2, -0.15) is 0 Å². The topological polar surface area (TPSA) is 12.9 Å². The van der Waals surface area contributed by atoms with Gasteiger partial charge in [0, 0.05) is 17.1 Å². The Labute approximate surface area is 212 Å². The van der Waals surface area contributed by atoms with Crippen LogP contribution in [0, 0.1) is 13.8 Å². The van der Waals surface area contributed by atoms with E-state index >= 15 is 0 Å². The van der Waals surface area contributed by atoms with Crippen molar-refractivity contribution in [1.82, 2.24) is 4.98 Å². The second-order valence-corrected chi connectivity index (χ2v) is 9.53. The SMILES string of the molecule is Cc1ccc(-c2cc(-c3ccc(C)cc3)cc(-c3ccc(-c4cc5ccccc5cn4)cc3)c2)cc1. The zero-order chi connectivity index (χ0) is 24.5. The normalized spacial score (nSPS) is 11.1. The molecule has 1 heterocycles. The molecule has 0 atom stereocenters. The molecule has 0 N–H and O–H groups in total. The van der Waals surface area contributed by atoms with Crippen molar-refractivity contribution in [3.63, 3.8) is 0 Å². The van der Waals surface area contributed by atoms with Gasteiger partial charge in [-0.25, -0.2) is 0 Å². The Bertz CT molecular complexity index is 1590. The summed E-state index contributed by atoms with van der Waals surface area (Å²) in [6, 6.07) is 43.7. The Morgan fingerprint density at radius 1 is 0.389 bits per heavy atom. The van der Waals surface area contributed by atoms with Crippen LogP contribution in [-0.2, 0) is 0 Å². The van der Waals surface area contributed by atoms with Crippen LogP contribution in [0.5, 0.6) is 0 Å². The Morgan fingerprint density at radius 3 is 1.31 bits per heavy atom. The first kappa shape index (κ1) is 22.0. The van der Waals surface area contributed by atoms with Gasteiger partial charge in [0.25, 0.3) is 0 Å². The van der Waals surface area contributed by atoms with Gasteiger partial charge in [0.1, 0.15) is 0 Å².